The molecule has 4 rings (SSSR count). The first kappa shape index (κ1) is 23.5. The largest absolute Gasteiger partial charge is 0.342 e. The van der Waals surface area contributed by atoms with Gasteiger partial charge in [-0.25, -0.2) is 8.42 Å². The molecule has 1 aromatic heterocycles. The molecule has 0 aromatic carbocycles. The Morgan fingerprint density at radius 1 is 1.00 bits per heavy atom. The fourth-order valence-electron chi connectivity index (χ4n) is 4.57. The average molecular weight is 485 g/mol. The van der Waals surface area contributed by atoms with Gasteiger partial charge in [0.15, 0.2) is 15.0 Å². The van der Waals surface area contributed by atoms with E-state index in [1.165, 1.54) is 11.8 Å². The van der Waals surface area contributed by atoms with E-state index in [2.05, 4.69) is 15.1 Å². The molecule has 178 valence electrons. The summed E-state index contributed by atoms with van der Waals surface area (Å²) in [5, 5.41) is 9.09. The molecule has 3 fully saturated rings. The zero-order valence-electron chi connectivity index (χ0n) is 18.6. The monoisotopic (exact) mass is 484 g/mol. The molecular formula is C20H32N6O4S2. The van der Waals surface area contributed by atoms with Crippen LogP contribution in [0.1, 0.15) is 25.1 Å². The van der Waals surface area contributed by atoms with Crippen molar-refractivity contribution in [1.82, 2.24) is 29.5 Å². The molecule has 0 bridgehead atoms. The lowest BCUT2D eigenvalue weighted by atomic mass is 10.1. The molecule has 1 aromatic rings. The minimum absolute atomic E-state index is 0.0620. The topological polar surface area (TPSA) is 109 Å². The number of hydrogen-bond donors (Lipinski definition) is 0. The highest BCUT2D eigenvalue weighted by Gasteiger charge is 2.30. The van der Waals surface area contributed by atoms with Gasteiger partial charge in [0, 0.05) is 52.7 Å². The van der Waals surface area contributed by atoms with E-state index >= 15 is 0 Å². The Morgan fingerprint density at radius 2 is 1.69 bits per heavy atom. The van der Waals surface area contributed by atoms with Crippen LogP contribution in [0.25, 0.3) is 0 Å². The molecule has 0 aliphatic carbocycles. The lowest BCUT2D eigenvalue weighted by Crippen LogP contribution is -2.51. The van der Waals surface area contributed by atoms with Crippen LogP contribution in [0, 0.1) is 5.92 Å². The van der Waals surface area contributed by atoms with E-state index in [0.717, 1.165) is 31.8 Å². The van der Waals surface area contributed by atoms with Crippen molar-refractivity contribution in [3.63, 3.8) is 0 Å². The molecule has 0 N–H and O–H groups in total. The minimum Gasteiger partial charge on any atom is -0.342 e. The van der Waals surface area contributed by atoms with Crippen molar-refractivity contribution in [2.75, 3.05) is 63.1 Å². The van der Waals surface area contributed by atoms with Gasteiger partial charge in [-0.05, 0) is 25.2 Å². The first-order valence-electron chi connectivity index (χ1n) is 11.3. The molecule has 32 heavy (non-hydrogen) atoms. The second-order valence-electron chi connectivity index (χ2n) is 8.96. The van der Waals surface area contributed by atoms with Gasteiger partial charge in [0.25, 0.3) is 0 Å². The maximum atomic E-state index is 12.7. The predicted octanol–water partition coefficient (Wildman–Crippen LogP) is -0.349. The molecule has 3 aliphatic rings. The molecule has 0 saturated carbocycles. The first-order chi connectivity index (χ1) is 15.3. The van der Waals surface area contributed by atoms with Gasteiger partial charge in [-0.15, -0.1) is 10.2 Å². The number of likely N-dealkylation sites (tertiary alicyclic amines) is 1. The Balaban J connectivity index is 1.20. The molecule has 0 radical (unpaired) electrons. The molecule has 12 heteroatoms. The summed E-state index contributed by atoms with van der Waals surface area (Å²) in [6.07, 6.45) is 3.46. The summed E-state index contributed by atoms with van der Waals surface area (Å²) in [5.41, 5.74) is 0. The molecule has 3 aliphatic heterocycles. The van der Waals surface area contributed by atoms with Gasteiger partial charge in [0.1, 0.15) is 5.82 Å². The van der Waals surface area contributed by atoms with E-state index < -0.39 is 9.84 Å². The van der Waals surface area contributed by atoms with E-state index in [1.807, 2.05) is 21.4 Å². The van der Waals surface area contributed by atoms with Crippen molar-refractivity contribution >= 4 is 33.4 Å². The zero-order chi connectivity index (χ0) is 22.7. The van der Waals surface area contributed by atoms with Crippen molar-refractivity contribution in [3.05, 3.63) is 5.82 Å². The fraction of sp³-hybridized carbons (Fsp3) is 0.800. The van der Waals surface area contributed by atoms with Gasteiger partial charge in [-0.2, -0.15) is 0 Å². The molecular weight excluding hydrogens is 452 g/mol. The smallest absolute Gasteiger partial charge is 0.236 e. The lowest BCUT2D eigenvalue weighted by molar-refractivity contribution is -0.133. The van der Waals surface area contributed by atoms with Crippen molar-refractivity contribution in [3.8, 4) is 0 Å². The van der Waals surface area contributed by atoms with E-state index in [0.29, 0.717) is 50.7 Å². The minimum atomic E-state index is -2.91. The third-order valence-electron chi connectivity index (χ3n) is 6.59. The lowest BCUT2D eigenvalue weighted by Gasteiger charge is -2.35. The highest BCUT2D eigenvalue weighted by Crippen LogP contribution is 2.24. The van der Waals surface area contributed by atoms with Gasteiger partial charge < -0.3 is 14.4 Å². The van der Waals surface area contributed by atoms with Crippen LogP contribution < -0.4 is 0 Å². The third-order valence-corrected chi connectivity index (χ3v) is 9.43. The standard InChI is InChI=1S/C20H32N6O4S2/c1-23-17(12-16-4-11-32(29,30)15-16)21-22-20(23)31-14-19(28)26-9-7-24(8-10-26)13-18(27)25-5-2-3-6-25/h16H,2-15H2,1H3/t16-/m1/s1. The summed E-state index contributed by atoms with van der Waals surface area (Å²) in [5.74, 6) is 1.88. The summed E-state index contributed by atoms with van der Waals surface area (Å²) in [6, 6.07) is 0. The molecule has 4 heterocycles. The van der Waals surface area contributed by atoms with Gasteiger partial charge in [-0.1, -0.05) is 11.8 Å². The summed E-state index contributed by atoms with van der Waals surface area (Å²) in [6.45, 7) is 4.89. The molecule has 1 atom stereocenters. The van der Waals surface area contributed by atoms with Crippen molar-refractivity contribution < 1.29 is 18.0 Å². The van der Waals surface area contributed by atoms with Crippen LogP contribution >= 0.6 is 11.8 Å². The molecule has 2 amide bonds. The highest BCUT2D eigenvalue weighted by atomic mass is 32.2. The molecule has 10 nitrogen and oxygen atoms in total. The predicted molar refractivity (Wildman–Crippen MR) is 121 cm³/mol. The van der Waals surface area contributed by atoms with Crippen molar-refractivity contribution in [2.45, 2.75) is 30.8 Å². The average Bonchev–Trinajstić information content (AvgIpc) is 3.49. The zero-order valence-corrected chi connectivity index (χ0v) is 20.2. The molecule has 0 unspecified atom stereocenters. The number of carbonyl (C=O) groups is 2. The van der Waals surface area contributed by atoms with Gasteiger partial charge in [0.05, 0.1) is 23.8 Å². The number of hydrogen-bond acceptors (Lipinski definition) is 8. The first-order valence-corrected chi connectivity index (χ1v) is 14.1. The van der Waals surface area contributed by atoms with E-state index in [-0.39, 0.29) is 35.0 Å². The Morgan fingerprint density at radius 3 is 2.34 bits per heavy atom. The third kappa shape index (κ3) is 5.82. The van der Waals surface area contributed by atoms with Gasteiger partial charge in [-0.3, -0.25) is 14.5 Å². The summed E-state index contributed by atoms with van der Waals surface area (Å²) >= 11 is 1.36. The van der Waals surface area contributed by atoms with E-state index in [4.69, 9.17) is 0 Å². The number of aromatic nitrogens is 3. The summed E-state index contributed by atoms with van der Waals surface area (Å²) < 4.78 is 25.2. The van der Waals surface area contributed by atoms with E-state index in [9.17, 15) is 18.0 Å². The number of sulfone groups is 1. The van der Waals surface area contributed by atoms with Crippen LogP contribution in [0.4, 0.5) is 0 Å². The number of piperazine rings is 1. The Kier molecular flexibility index (Phi) is 7.40. The Hall–Kier alpha value is -1.66. The normalized spacial score (nSPS) is 23.7. The van der Waals surface area contributed by atoms with Gasteiger partial charge >= 0.3 is 0 Å². The van der Waals surface area contributed by atoms with Crippen LogP contribution in [0.5, 0.6) is 0 Å². The van der Waals surface area contributed by atoms with Gasteiger partial charge in [0.2, 0.25) is 11.8 Å². The number of carbonyl (C=O) groups excluding carboxylic acids is 2. The van der Waals surface area contributed by atoms with Crippen LogP contribution in [0.3, 0.4) is 0 Å². The SMILES string of the molecule is Cn1c(C[C@H]2CCS(=O)(=O)C2)nnc1SCC(=O)N1CCN(CC(=O)N2CCCC2)CC1. The maximum absolute atomic E-state index is 12.7. The van der Waals surface area contributed by atoms with Crippen LogP contribution in [-0.2, 0) is 32.9 Å². The molecule has 0 spiro atoms. The van der Waals surface area contributed by atoms with Crippen molar-refractivity contribution in [2.24, 2.45) is 13.0 Å². The number of rotatable bonds is 7. The maximum Gasteiger partial charge on any atom is 0.236 e. The molecule has 3 saturated heterocycles. The van der Waals surface area contributed by atoms with Crippen molar-refractivity contribution in [1.29, 1.82) is 0 Å². The Labute approximate surface area is 193 Å². The van der Waals surface area contributed by atoms with Crippen LogP contribution in [0.15, 0.2) is 5.16 Å². The number of nitrogens with zero attached hydrogens (tertiary/aromatic N) is 6. The highest BCUT2D eigenvalue weighted by molar-refractivity contribution is 7.99. The van der Waals surface area contributed by atoms with E-state index in [1.54, 1.807) is 0 Å². The second-order valence-corrected chi connectivity index (χ2v) is 12.1. The second kappa shape index (κ2) is 10.1. The Bertz CT molecular complexity index is 936. The van der Waals surface area contributed by atoms with Crippen LogP contribution in [-0.4, -0.2) is 113 Å². The summed E-state index contributed by atoms with van der Waals surface area (Å²) in [4.78, 5) is 30.9. The number of thioether (sulfide) groups is 1. The quantitative estimate of drug-likeness (QED) is 0.483. The summed E-state index contributed by atoms with van der Waals surface area (Å²) in [7, 11) is -1.05. The number of amides is 2. The fourth-order valence-corrected chi connectivity index (χ4v) is 7.27. The van der Waals surface area contributed by atoms with Crippen LogP contribution in [0.2, 0.25) is 0 Å².